The van der Waals surface area contributed by atoms with E-state index in [1.165, 1.54) is 36.4 Å². The molecule has 0 radical (unpaired) electrons. The lowest BCUT2D eigenvalue weighted by Gasteiger charge is -2.23. The second kappa shape index (κ2) is 9.46. The first-order valence-corrected chi connectivity index (χ1v) is 11.6. The molecule has 0 spiro atoms. The number of para-hydroxylation sites is 1. The Hall–Kier alpha value is -3.65. The normalized spacial score (nSPS) is 11.5. The molecule has 3 aromatic carbocycles. The van der Waals surface area contributed by atoms with E-state index in [0.29, 0.717) is 0 Å². The number of rotatable bonds is 5. The van der Waals surface area contributed by atoms with Crippen molar-refractivity contribution in [2.45, 2.75) is 38.2 Å². The standard InChI is InChI=1S/C25H25NO6S/c1-18-10-16-22(17-11-18)33(29,30)26(20-8-6-5-7-9-20)23(27)19-12-14-21(15-13-19)31-24(28)32-25(2,3)4/h5-17H,1-4H3. The average Bonchev–Trinajstić information content (AvgIpc) is 2.74. The van der Waals surface area contributed by atoms with Crippen LogP contribution in [0.5, 0.6) is 5.75 Å². The molecule has 33 heavy (non-hydrogen) atoms. The predicted molar refractivity (Wildman–Crippen MR) is 125 cm³/mol. The number of hydrogen-bond acceptors (Lipinski definition) is 6. The fourth-order valence-corrected chi connectivity index (χ4v) is 4.31. The zero-order valence-corrected chi connectivity index (χ0v) is 19.6. The van der Waals surface area contributed by atoms with Crippen LogP contribution in [0.15, 0.2) is 83.8 Å². The molecule has 1 amide bonds. The third kappa shape index (κ3) is 5.98. The van der Waals surface area contributed by atoms with Crippen LogP contribution in [-0.2, 0) is 14.8 Å². The minimum absolute atomic E-state index is 0.00446. The third-order valence-electron chi connectivity index (χ3n) is 4.43. The molecule has 0 saturated heterocycles. The maximum absolute atomic E-state index is 13.4. The smallest absolute Gasteiger partial charge is 0.428 e. The Labute approximate surface area is 193 Å². The van der Waals surface area contributed by atoms with Crippen LogP contribution in [0, 0.1) is 6.92 Å². The first-order valence-electron chi connectivity index (χ1n) is 10.2. The van der Waals surface area contributed by atoms with Crippen molar-refractivity contribution in [2.75, 3.05) is 4.31 Å². The van der Waals surface area contributed by atoms with Crippen molar-refractivity contribution in [2.24, 2.45) is 0 Å². The highest BCUT2D eigenvalue weighted by Crippen LogP contribution is 2.27. The zero-order valence-electron chi connectivity index (χ0n) is 18.8. The highest BCUT2D eigenvalue weighted by Gasteiger charge is 2.32. The van der Waals surface area contributed by atoms with Gasteiger partial charge in [0.05, 0.1) is 10.6 Å². The van der Waals surface area contributed by atoms with Gasteiger partial charge in [-0.2, -0.15) is 4.31 Å². The van der Waals surface area contributed by atoms with Gasteiger partial charge in [0.15, 0.2) is 0 Å². The van der Waals surface area contributed by atoms with E-state index < -0.39 is 27.7 Å². The van der Waals surface area contributed by atoms with Crippen LogP contribution in [-0.4, -0.2) is 26.1 Å². The van der Waals surface area contributed by atoms with E-state index in [-0.39, 0.29) is 21.9 Å². The number of aryl methyl sites for hydroxylation is 1. The SMILES string of the molecule is Cc1ccc(S(=O)(=O)N(C(=O)c2ccc(OC(=O)OC(C)(C)C)cc2)c2ccccc2)cc1. The molecule has 0 atom stereocenters. The minimum Gasteiger partial charge on any atom is -0.428 e. The summed E-state index contributed by atoms with van der Waals surface area (Å²) in [4.78, 5) is 25.2. The van der Waals surface area contributed by atoms with Crippen molar-refractivity contribution in [3.05, 3.63) is 90.0 Å². The lowest BCUT2D eigenvalue weighted by Crippen LogP contribution is -2.37. The first-order chi connectivity index (χ1) is 15.5. The summed E-state index contributed by atoms with van der Waals surface area (Å²) in [6.45, 7) is 6.98. The third-order valence-corrected chi connectivity index (χ3v) is 6.15. The highest BCUT2D eigenvalue weighted by molar-refractivity contribution is 7.93. The molecule has 0 saturated carbocycles. The molecule has 0 aliphatic rings. The largest absolute Gasteiger partial charge is 0.514 e. The summed E-state index contributed by atoms with van der Waals surface area (Å²) in [5.41, 5.74) is 0.489. The van der Waals surface area contributed by atoms with Crippen LogP contribution in [0.2, 0.25) is 0 Å². The number of ether oxygens (including phenoxy) is 2. The van der Waals surface area contributed by atoms with Gasteiger partial charge in [0.25, 0.3) is 15.9 Å². The molecule has 0 bridgehead atoms. The van der Waals surface area contributed by atoms with Gasteiger partial charge in [-0.1, -0.05) is 35.9 Å². The molecular formula is C25H25NO6S. The van der Waals surface area contributed by atoms with E-state index in [1.807, 2.05) is 6.92 Å². The number of nitrogens with zero attached hydrogens (tertiary/aromatic N) is 1. The van der Waals surface area contributed by atoms with Crippen molar-refractivity contribution in [1.82, 2.24) is 0 Å². The Bertz CT molecular complexity index is 1230. The number of carbonyl (C=O) groups excluding carboxylic acids is 2. The Kier molecular flexibility index (Phi) is 6.88. The van der Waals surface area contributed by atoms with E-state index in [9.17, 15) is 18.0 Å². The second-order valence-electron chi connectivity index (χ2n) is 8.31. The van der Waals surface area contributed by atoms with Gasteiger partial charge in [-0.25, -0.2) is 13.2 Å². The van der Waals surface area contributed by atoms with Gasteiger partial charge in [0.2, 0.25) is 0 Å². The van der Waals surface area contributed by atoms with Gasteiger partial charge in [0, 0.05) is 5.56 Å². The summed E-state index contributed by atoms with van der Waals surface area (Å²) >= 11 is 0. The predicted octanol–water partition coefficient (Wildman–Crippen LogP) is 5.34. The first kappa shape index (κ1) is 24.0. The number of sulfonamides is 1. The maximum Gasteiger partial charge on any atom is 0.514 e. The Morgan fingerprint density at radius 1 is 0.818 bits per heavy atom. The lowest BCUT2D eigenvalue weighted by atomic mass is 10.2. The molecule has 7 nitrogen and oxygen atoms in total. The molecule has 0 aliphatic heterocycles. The van der Waals surface area contributed by atoms with Gasteiger partial charge in [0.1, 0.15) is 11.4 Å². The lowest BCUT2D eigenvalue weighted by molar-refractivity contribution is 0.0206. The van der Waals surface area contributed by atoms with Crippen LogP contribution in [0.1, 0.15) is 36.7 Å². The summed E-state index contributed by atoms with van der Waals surface area (Å²) < 4.78 is 37.8. The van der Waals surface area contributed by atoms with Crippen molar-refractivity contribution in [3.63, 3.8) is 0 Å². The van der Waals surface area contributed by atoms with Gasteiger partial charge >= 0.3 is 6.16 Å². The maximum atomic E-state index is 13.4. The molecular weight excluding hydrogens is 442 g/mol. The zero-order chi connectivity index (χ0) is 24.2. The minimum atomic E-state index is -4.19. The summed E-state index contributed by atoms with van der Waals surface area (Å²) in [5, 5.41) is 0. The van der Waals surface area contributed by atoms with Gasteiger partial charge in [-0.3, -0.25) is 4.79 Å². The highest BCUT2D eigenvalue weighted by atomic mass is 32.2. The quantitative estimate of drug-likeness (QED) is 0.371. The molecule has 0 aromatic heterocycles. The number of amides is 1. The topological polar surface area (TPSA) is 90.0 Å². The van der Waals surface area contributed by atoms with E-state index in [1.54, 1.807) is 63.2 Å². The number of anilines is 1. The van der Waals surface area contributed by atoms with Crippen LogP contribution in [0.25, 0.3) is 0 Å². The van der Waals surface area contributed by atoms with Crippen molar-refractivity contribution >= 4 is 27.8 Å². The Morgan fingerprint density at radius 2 is 1.39 bits per heavy atom. The van der Waals surface area contributed by atoms with Crippen LogP contribution in [0.3, 0.4) is 0 Å². The average molecular weight is 468 g/mol. The van der Waals surface area contributed by atoms with E-state index in [4.69, 9.17) is 9.47 Å². The van der Waals surface area contributed by atoms with Crippen LogP contribution < -0.4 is 9.04 Å². The monoisotopic (exact) mass is 467 g/mol. The molecule has 0 heterocycles. The molecule has 3 aromatic rings. The van der Waals surface area contributed by atoms with E-state index >= 15 is 0 Å². The molecule has 0 N–H and O–H groups in total. The van der Waals surface area contributed by atoms with E-state index in [0.717, 1.165) is 9.87 Å². The molecule has 3 rings (SSSR count). The molecule has 0 fully saturated rings. The van der Waals surface area contributed by atoms with Crippen molar-refractivity contribution in [3.8, 4) is 5.75 Å². The van der Waals surface area contributed by atoms with Crippen molar-refractivity contribution < 1.29 is 27.5 Å². The molecule has 8 heteroatoms. The fraction of sp³-hybridized carbons (Fsp3) is 0.200. The number of hydrogen-bond donors (Lipinski definition) is 0. The Morgan fingerprint density at radius 3 is 1.94 bits per heavy atom. The molecule has 0 aliphatic carbocycles. The Balaban J connectivity index is 1.93. The second-order valence-corrected chi connectivity index (χ2v) is 10.1. The summed E-state index contributed by atoms with van der Waals surface area (Å²) in [6.07, 6.45) is -0.880. The van der Waals surface area contributed by atoms with Gasteiger partial charge in [-0.05, 0) is 76.2 Å². The van der Waals surface area contributed by atoms with Crippen molar-refractivity contribution in [1.29, 1.82) is 0 Å². The molecule has 0 unspecified atom stereocenters. The van der Waals surface area contributed by atoms with Crippen LogP contribution >= 0.6 is 0 Å². The summed E-state index contributed by atoms with van der Waals surface area (Å²) in [6, 6.07) is 20.0. The van der Waals surface area contributed by atoms with Gasteiger partial charge in [-0.15, -0.1) is 0 Å². The fourth-order valence-electron chi connectivity index (χ4n) is 2.89. The van der Waals surface area contributed by atoms with E-state index in [2.05, 4.69) is 0 Å². The summed E-state index contributed by atoms with van der Waals surface area (Å²) in [7, 11) is -4.19. The summed E-state index contributed by atoms with van der Waals surface area (Å²) in [5.74, 6) is -0.584. The molecule has 172 valence electrons. The number of benzene rings is 3. The van der Waals surface area contributed by atoms with Crippen LogP contribution in [0.4, 0.5) is 10.5 Å². The number of carbonyl (C=O) groups is 2. The van der Waals surface area contributed by atoms with Gasteiger partial charge < -0.3 is 9.47 Å².